The minimum atomic E-state index is -0.473. The zero-order valence-electron chi connectivity index (χ0n) is 11.7. The number of carbonyl (C=O) groups is 2. The number of rotatable bonds is 3. The molecule has 1 atom stereocenters. The Morgan fingerprint density at radius 3 is 2.80 bits per heavy atom. The number of nitrogens with zero attached hydrogens (tertiary/aromatic N) is 1. The molecule has 1 fully saturated rings. The van der Waals surface area contributed by atoms with E-state index < -0.39 is 12.1 Å². The number of anilines is 1. The Hall–Kier alpha value is -2.24. The highest BCUT2D eigenvalue weighted by Gasteiger charge is 2.34. The van der Waals surface area contributed by atoms with Gasteiger partial charge in [0.1, 0.15) is 6.04 Å². The van der Waals surface area contributed by atoms with Crippen molar-refractivity contribution >= 4 is 17.7 Å². The van der Waals surface area contributed by atoms with Crippen LogP contribution < -0.4 is 10.9 Å². The van der Waals surface area contributed by atoms with Crippen molar-refractivity contribution in [2.45, 2.75) is 25.8 Å². The second-order valence-electron chi connectivity index (χ2n) is 4.75. The normalized spacial score (nSPS) is 17.7. The highest BCUT2D eigenvalue weighted by atomic mass is 16.5. The lowest BCUT2D eigenvalue weighted by atomic mass is 10.2. The lowest BCUT2D eigenvalue weighted by Gasteiger charge is -2.22. The highest BCUT2D eigenvalue weighted by molar-refractivity contribution is 5.87. The second kappa shape index (κ2) is 6.27. The molecule has 2 amide bonds. The van der Waals surface area contributed by atoms with Gasteiger partial charge in [-0.2, -0.15) is 0 Å². The molecule has 6 heteroatoms. The summed E-state index contributed by atoms with van der Waals surface area (Å²) in [6, 6.07) is 7.17. The third kappa shape index (κ3) is 3.01. The molecular formula is C14H19N3O3. The summed E-state index contributed by atoms with van der Waals surface area (Å²) in [6.45, 7) is 2.50. The van der Waals surface area contributed by atoms with Gasteiger partial charge in [0, 0.05) is 6.54 Å². The first-order valence-corrected chi connectivity index (χ1v) is 6.59. The van der Waals surface area contributed by atoms with Crippen LogP contribution in [0.3, 0.4) is 0 Å². The summed E-state index contributed by atoms with van der Waals surface area (Å²) in [4.78, 5) is 25.2. The SMILES string of the molecule is COC(=O)N1CCCC1C(=O)NNc1ccccc1C. The third-order valence-electron chi connectivity index (χ3n) is 3.43. The molecule has 1 unspecified atom stereocenters. The monoisotopic (exact) mass is 277 g/mol. The number of methoxy groups -OCH3 is 1. The van der Waals surface area contributed by atoms with Gasteiger partial charge in [-0.1, -0.05) is 18.2 Å². The van der Waals surface area contributed by atoms with Gasteiger partial charge in [0.25, 0.3) is 5.91 Å². The molecule has 0 spiro atoms. The van der Waals surface area contributed by atoms with Gasteiger partial charge in [0.15, 0.2) is 0 Å². The van der Waals surface area contributed by atoms with E-state index in [0.29, 0.717) is 13.0 Å². The van der Waals surface area contributed by atoms with Crippen LogP contribution >= 0.6 is 0 Å². The van der Waals surface area contributed by atoms with Crippen molar-refractivity contribution in [3.05, 3.63) is 29.8 Å². The molecule has 0 aromatic heterocycles. The maximum absolute atomic E-state index is 12.1. The van der Waals surface area contributed by atoms with Gasteiger partial charge in [-0.05, 0) is 31.4 Å². The molecule has 20 heavy (non-hydrogen) atoms. The molecule has 2 N–H and O–H groups in total. The van der Waals surface area contributed by atoms with Gasteiger partial charge in [0.05, 0.1) is 12.8 Å². The van der Waals surface area contributed by atoms with Crippen molar-refractivity contribution in [2.75, 3.05) is 19.1 Å². The van der Waals surface area contributed by atoms with E-state index in [-0.39, 0.29) is 5.91 Å². The standard InChI is InChI=1S/C14H19N3O3/c1-10-6-3-4-7-11(10)15-16-13(18)12-8-5-9-17(12)14(19)20-2/h3-4,6-7,12,15H,5,8-9H2,1-2H3,(H,16,18). The smallest absolute Gasteiger partial charge is 0.410 e. The molecule has 1 aliphatic rings. The molecule has 0 bridgehead atoms. The van der Waals surface area contributed by atoms with Gasteiger partial charge in [-0.25, -0.2) is 4.79 Å². The summed E-state index contributed by atoms with van der Waals surface area (Å²) in [7, 11) is 1.32. The summed E-state index contributed by atoms with van der Waals surface area (Å²) in [6.07, 6.45) is 0.993. The number of hydrogen-bond acceptors (Lipinski definition) is 4. The fraction of sp³-hybridized carbons (Fsp3) is 0.429. The summed E-state index contributed by atoms with van der Waals surface area (Å²) in [5, 5.41) is 0. The van der Waals surface area contributed by atoms with Crippen molar-refractivity contribution in [3.63, 3.8) is 0 Å². The molecule has 0 saturated carbocycles. The van der Waals surface area contributed by atoms with Crippen molar-refractivity contribution in [2.24, 2.45) is 0 Å². The second-order valence-corrected chi connectivity index (χ2v) is 4.75. The minimum Gasteiger partial charge on any atom is -0.453 e. The molecule has 1 aromatic carbocycles. The number of carbonyl (C=O) groups excluding carboxylic acids is 2. The molecule has 0 aliphatic carbocycles. The van der Waals surface area contributed by atoms with Crippen molar-refractivity contribution in [3.8, 4) is 0 Å². The maximum atomic E-state index is 12.1. The first kappa shape index (κ1) is 14.2. The van der Waals surface area contributed by atoms with E-state index in [1.54, 1.807) is 0 Å². The first-order valence-electron chi connectivity index (χ1n) is 6.59. The molecular weight excluding hydrogens is 258 g/mol. The van der Waals surface area contributed by atoms with Crippen molar-refractivity contribution in [1.29, 1.82) is 0 Å². The average Bonchev–Trinajstić information content (AvgIpc) is 2.94. The number of benzene rings is 1. The molecule has 108 valence electrons. The lowest BCUT2D eigenvalue weighted by molar-refractivity contribution is -0.124. The van der Waals surface area contributed by atoms with Gasteiger partial charge in [-0.3, -0.25) is 20.5 Å². The van der Waals surface area contributed by atoms with Gasteiger partial charge < -0.3 is 4.74 Å². The fourth-order valence-corrected chi connectivity index (χ4v) is 2.30. The Kier molecular flexibility index (Phi) is 4.45. The summed E-state index contributed by atoms with van der Waals surface area (Å²) >= 11 is 0. The zero-order valence-corrected chi connectivity index (χ0v) is 11.7. The fourth-order valence-electron chi connectivity index (χ4n) is 2.30. The van der Waals surface area contributed by atoms with Crippen LogP contribution in [0.25, 0.3) is 0 Å². The quantitative estimate of drug-likeness (QED) is 0.824. The molecule has 2 rings (SSSR count). The molecule has 6 nitrogen and oxygen atoms in total. The Morgan fingerprint density at radius 2 is 2.10 bits per heavy atom. The van der Waals surface area contributed by atoms with Crippen LogP contribution in [-0.2, 0) is 9.53 Å². The molecule has 1 saturated heterocycles. The molecule has 1 aliphatic heterocycles. The zero-order chi connectivity index (χ0) is 14.5. The van der Waals surface area contributed by atoms with Crippen molar-refractivity contribution < 1.29 is 14.3 Å². The number of para-hydroxylation sites is 1. The van der Waals surface area contributed by atoms with Crippen LogP contribution in [0, 0.1) is 6.92 Å². The summed E-state index contributed by atoms with van der Waals surface area (Å²) < 4.78 is 4.68. The maximum Gasteiger partial charge on any atom is 0.410 e. The van der Waals surface area contributed by atoms with Gasteiger partial charge >= 0.3 is 6.09 Å². The summed E-state index contributed by atoms with van der Waals surface area (Å²) in [5.74, 6) is -0.226. The van der Waals surface area contributed by atoms with Crippen LogP contribution in [0.5, 0.6) is 0 Å². The first-order chi connectivity index (χ1) is 9.63. The number of amides is 2. The largest absolute Gasteiger partial charge is 0.453 e. The van der Waals surface area contributed by atoms with Crippen LogP contribution in [0.2, 0.25) is 0 Å². The van der Waals surface area contributed by atoms with Crippen LogP contribution in [-0.4, -0.2) is 36.6 Å². The topological polar surface area (TPSA) is 70.7 Å². The Bertz CT molecular complexity index is 504. The summed E-state index contributed by atoms with van der Waals surface area (Å²) in [5.41, 5.74) is 7.41. The number of hydrazine groups is 1. The number of ether oxygens (including phenoxy) is 1. The van der Waals surface area contributed by atoms with Crippen LogP contribution in [0.15, 0.2) is 24.3 Å². The predicted octanol–water partition coefficient (Wildman–Crippen LogP) is 1.67. The van der Waals surface area contributed by atoms with E-state index in [9.17, 15) is 9.59 Å². The number of nitrogens with one attached hydrogen (secondary N) is 2. The number of aryl methyl sites for hydroxylation is 1. The van der Waals surface area contributed by atoms with E-state index in [4.69, 9.17) is 0 Å². The van der Waals surface area contributed by atoms with E-state index in [1.165, 1.54) is 12.0 Å². The number of likely N-dealkylation sites (tertiary alicyclic amines) is 1. The van der Waals surface area contributed by atoms with Gasteiger partial charge in [-0.15, -0.1) is 0 Å². The minimum absolute atomic E-state index is 0.226. The number of hydrogen-bond donors (Lipinski definition) is 2. The Morgan fingerprint density at radius 1 is 1.35 bits per heavy atom. The molecule has 0 radical (unpaired) electrons. The van der Waals surface area contributed by atoms with Crippen LogP contribution in [0.4, 0.5) is 10.5 Å². The average molecular weight is 277 g/mol. The Balaban J connectivity index is 1.95. The lowest BCUT2D eigenvalue weighted by Crippen LogP contribution is -2.47. The van der Waals surface area contributed by atoms with E-state index in [0.717, 1.165) is 17.7 Å². The Labute approximate surface area is 118 Å². The predicted molar refractivity (Wildman–Crippen MR) is 75.1 cm³/mol. The van der Waals surface area contributed by atoms with Crippen molar-refractivity contribution in [1.82, 2.24) is 10.3 Å². The molecule has 1 heterocycles. The van der Waals surface area contributed by atoms with E-state index in [1.807, 2.05) is 31.2 Å². The third-order valence-corrected chi connectivity index (χ3v) is 3.43. The van der Waals surface area contributed by atoms with Crippen LogP contribution in [0.1, 0.15) is 18.4 Å². The molecule has 1 aromatic rings. The van der Waals surface area contributed by atoms with E-state index in [2.05, 4.69) is 15.6 Å². The van der Waals surface area contributed by atoms with E-state index >= 15 is 0 Å². The highest BCUT2D eigenvalue weighted by Crippen LogP contribution is 2.18. The van der Waals surface area contributed by atoms with Gasteiger partial charge in [0.2, 0.25) is 0 Å².